The molecule has 26 heavy (non-hydrogen) atoms. The molecule has 0 fully saturated rings. The Balaban J connectivity index is 2.09. The molecule has 5 nitrogen and oxygen atoms in total. The highest BCUT2D eigenvalue weighted by Gasteiger charge is 2.08. The van der Waals surface area contributed by atoms with Gasteiger partial charge >= 0.3 is 5.97 Å². The fourth-order valence-corrected chi connectivity index (χ4v) is 2.75. The van der Waals surface area contributed by atoms with Crippen LogP contribution >= 0.6 is 0 Å². The van der Waals surface area contributed by atoms with E-state index in [1.165, 1.54) is 22.4 Å². The number of rotatable bonds is 4. The van der Waals surface area contributed by atoms with Gasteiger partial charge in [-0.2, -0.15) is 0 Å². The van der Waals surface area contributed by atoms with Gasteiger partial charge in [0.2, 0.25) is 0 Å². The lowest BCUT2D eigenvalue weighted by Gasteiger charge is -2.04. The molecule has 1 heterocycles. The third-order valence-corrected chi connectivity index (χ3v) is 4.27. The summed E-state index contributed by atoms with van der Waals surface area (Å²) in [5.74, 6) is -0.600. The Morgan fingerprint density at radius 3 is 2.50 bits per heavy atom. The van der Waals surface area contributed by atoms with E-state index in [9.17, 15) is 9.59 Å². The van der Waals surface area contributed by atoms with Crippen LogP contribution in [-0.2, 0) is 0 Å². The van der Waals surface area contributed by atoms with Crippen LogP contribution in [0.25, 0.3) is 18.3 Å². The molecular weight excluding hydrogens is 328 g/mol. The number of aromatic amines is 1. The average Bonchev–Trinajstić information content (AvgIpc) is 2.90. The maximum Gasteiger partial charge on any atom is 0.335 e. The summed E-state index contributed by atoms with van der Waals surface area (Å²) in [6.07, 6.45) is 1.78. The van der Waals surface area contributed by atoms with Crippen molar-refractivity contribution in [1.29, 1.82) is 0 Å². The maximum atomic E-state index is 12.8. The van der Waals surface area contributed by atoms with Crippen LogP contribution < -0.4 is 16.1 Å². The predicted octanol–water partition coefficient (Wildman–Crippen LogP) is 2.23. The van der Waals surface area contributed by atoms with E-state index in [0.29, 0.717) is 22.2 Å². The van der Waals surface area contributed by atoms with E-state index >= 15 is 0 Å². The molecule has 0 atom stereocenters. The van der Waals surface area contributed by atoms with Crippen LogP contribution in [0.3, 0.4) is 0 Å². The van der Waals surface area contributed by atoms with Gasteiger partial charge in [0.05, 0.1) is 21.8 Å². The quantitative estimate of drug-likeness (QED) is 0.759. The first-order chi connectivity index (χ1) is 12.4. The van der Waals surface area contributed by atoms with Gasteiger partial charge in [-0.05, 0) is 41.3 Å². The van der Waals surface area contributed by atoms with Crippen molar-refractivity contribution in [2.45, 2.75) is 19.8 Å². The number of hydrogen-bond acceptors (Lipinski definition) is 2. The van der Waals surface area contributed by atoms with Crippen LogP contribution in [-0.4, -0.2) is 20.9 Å². The second-order valence-electron chi connectivity index (χ2n) is 6.47. The smallest absolute Gasteiger partial charge is 0.335 e. The summed E-state index contributed by atoms with van der Waals surface area (Å²) in [5.41, 5.74) is 2.43. The van der Waals surface area contributed by atoms with Crippen LogP contribution in [0.4, 0.5) is 0 Å². The van der Waals surface area contributed by atoms with Crippen molar-refractivity contribution in [2.24, 2.45) is 0 Å². The van der Waals surface area contributed by atoms with Crippen molar-refractivity contribution < 1.29 is 9.90 Å². The Kier molecular flexibility index (Phi) is 4.63. The number of benzene rings is 2. The van der Waals surface area contributed by atoms with Crippen molar-refractivity contribution in [3.63, 3.8) is 0 Å². The van der Waals surface area contributed by atoms with Crippen molar-refractivity contribution in [2.75, 3.05) is 0 Å². The summed E-state index contributed by atoms with van der Waals surface area (Å²) in [5, 5.41) is 13.0. The van der Waals surface area contributed by atoms with Gasteiger partial charge in [0.25, 0.3) is 5.56 Å². The van der Waals surface area contributed by atoms with Gasteiger partial charge in [0.1, 0.15) is 0 Å². The number of aromatic carboxylic acids is 1. The number of nitrogens with one attached hydrogen (secondary N) is 1. The highest BCUT2D eigenvalue weighted by atomic mass is 16.4. The molecule has 1 aromatic heterocycles. The zero-order chi connectivity index (χ0) is 18.8. The molecule has 0 radical (unpaired) electrons. The van der Waals surface area contributed by atoms with Crippen LogP contribution in [0.5, 0.6) is 0 Å². The van der Waals surface area contributed by atoms with Gasteiger partial charge in [0, 0.05) is 0 Å². The summed E-state index contributed by atoms with van der Waals surface area (Å²) in [6.45, 7) is 8.16. The predicted molar refractivity (Wildman–Crippen MR) is 102 cm³/mol. The molecule has 0 amide bonds. The lowest BCUT2D eigenvalue weighted by atomic mass is 10.0. The first-order valence-corrected chi connectivity index (χ1v) is 8.32. The van der Waals surface area contributed by atoms with Crippen molar-refractivity contribution >= 4 is 18.6 Å². The molecule has 0 aliphatic rings. The Labute approximate surface area is 150 Å². The largest absolute Gasteiger partial charge is 0.478 e. The molecule has 3 rings (SSSR count). The summed E-state index contributed by atoms with van der Waals surface area (Å²) in [7, 11) is 0. The van der Waals surface area contributed by atoms with E-state index in [-0.39, 0.29) is 11.1 Å². The SMILES string of the molecule is C=c1[nH]n(-c2cccc(C(=O)O)c2)c(=O)/c1=C/c1ccc(C(C)C)cc1. The van der Waals surface area contributed by atoms with Gasteiger partial charge in [-0.1, -0.05) is 50.8 Å². The minimum atomic E-state index is -1.04. The highest BCUT2D eigenvalue weighted by molar-refractivity contribution is 5.88. The molecular formula is C21H20N2O3. The second-order valence-corrected chi connectivity index (χ2v) is 6.47. The molecule has 0 aliphatic heterocycles. The molecule has 5 heteroatoms. The van der Waals surface area contributed by atoms with E-state index < -0.39 is 5.97 Å². The second kappa shape index (κ2) is 6.88. The number of aromatic nitrogens is 2. The number of carboxylic acids is 1. The van der Waals surface area contributed by atoms with Crippen LogP contribution in [0.1, 0.15) is 41.3 Å². The van der Waals surface area contributed by atoms with Gasteiger partial charge in [0.15, 0.2) is 0 Å². The molecule has 0 unspecified atom stereocenters. The zero-order valence-corrected chi connectivity index (χ0v) is 14.7. The molecule has 0 bridgehead atoms. The minimum absolute atomic E-state index is 0.115. The standard InChI is InChI=1S/C21H20N2O3/c1-13(2)16-9-7-15(8-10-16)11-19-14(3)22-23(20(19)24)18-6-4-5-17(12-18)21(25)26/h4-13,22H,3H2,1-2H3,(H,25,26)/b19-11+. The molecule has 0 saturated heterocycles. The Morgan fingerprint density at radius 2 is 1.88 bits per heavy atom. The van der Waals surface area contributed by atoms with Crippen LogP contribution in [0, 0.1) is 0 Å². The minimum Gasteiger partial charge on any atom is -0.478 e. The lowest BCUT2D eigenvalue weighted by molar-refractivity contribution is 0.0697. The number of carbonyl (C=O) groups is 1. The molecule has 2 aromatic carbocycles. The average molecular weight is 348 g/mol. The third-order valence-electron chi connectivity index (χ3n) is 4.27. The van der Waals surface area contributed by atoms with E-state index in [4.69, 9.17) is 5.11 Å². The number of carboxylic acid groups (broad SMARTS) is 1. The van der Waals surface area contributed by atoms with Crippen molar-refractivity contribution in [1.82, 2.24) is 9.78 Å². The molecule has 2 N–H and O–H groups in total. The molecule has 132 valence electrons. The summed E-state index contributed by atoms with van der Waals surface area (Å²) in [6, 6.07) is 14.2. The first-order valence-electron chi connectivity index (χ1n) is 8.32. The molecule has 0 aliphatic carbocycles. The van der Waals surface area contributed by atoms with Crippen LogP contribution in [0.2, 0.25) is 0 Å². The van der Waals surface area contributed by atoms with E-state index in [0.717, 1.165) is 5.56 Å². The third kappa shape index (κ3) is 3.37. The Morgan fingerprint density at radius 1 is 1.19 bits per heavy atom. The topological polar surface area (TPSA) is 75.1 Å². The molecule has 0 spiro atoms. The van der Waals surface area contributed by atoms with E-state index in [1.54, 1.807) is 18.2 Å². The number of nitrogens with zero attached hydrogens (tertiary/aromatic N) is 1. The fraction of sp³-hybridized carbons (Fsp3) is 0.143. The van der Waals surface area contributed by atoms with Gasteiger partial charge in [-0.3, -0.25) is 9.89 Å². The zero-order valence-electron chi connectivity index (χ0n) is 14.7. The molecule has 3 aromatic rings. The lowest BCUT2D eigenvalue weighted by Crippen LogP contribution is -2.34. The van der Waals surface area contributed by atoms with Gasteiger partial charge < -0.3 is 5.11 Å². The number of hydrogen-bond donors (Lipinski definition) is 2. The van der Waals surface area contributed by atoms with Crippen molar-refractivity contribution in [3.8, 4) is 5.69 Å². The Hall–Kier alpha value is -3.34. The fourth-order valence-electron chi connectivity index (χ4n) is 2.75. The van der Waals surface area contributed by atoms with Gasteiger partial charge in [-0.15, -0.1) is 0 Å². The monoisotopic (exact) mass is 348 g/mol. The number of H-pyrrole nitrogens is 1. The summed E-state index contributed by atoms with van der Waals surface area (Å²) >= 11 is 0. The molecule has 0 saturated carbocycles. The highest BCUT2D eigenvalue weighted by Crippen LogP contribution is 2.14. The van der Waals surface area contributed by atoms with Crippen LogP contribution in [0.15, 0.2) is 53.3 Å². The Bertz CT molecular complexity index is 1120. The summed E-state index contributed by atoms with van der Waals surface area (Å²) in [4.78, 5) is 23.9. The first kappa shape index (κ1) is 17.5. The van der Waals surface area contributed by atoms with E-state index in [1.807, 2.05) is 24.3 Å². The van der Waals surface area contributed by atoms with E-state index in [2.05, 4.69) is 25.5 Å². The summed E-state index contributed by atoms with van der Waals surface area (Å²) < 4.78 is 1.31. The van der Waals surface area contributed by atoms with Crippen molar-refractivity contribution in [3.05, 3.63) is 86.1 Å². The normalized spacial score (nSPS) is 11.9. The maximum absolute atomic E-state index is 12.8. The van der Waals surface area contributed by atoms with Gasteiger partial charge in [-0.25, -0.2) is 9.48 Å².